The summed E-state index contributed by atoms with van der Waals surface area (Å²) >= 11 is 0. The molecule has 0 spiro atoms. The lowest BCUT2D eigenvalue weighted by atomic mass is 10.2. The summed E-state index contributed by atoms with van der Waals surface area (Å²) < 4.78 is 0. The van der Waals surface area contributed by atoms with Crippen LogP contribution >= 0.6 is 0 Å². The largest absolute Gasteiger partial charge is 0.373 e. The molecule has 4 heteroatoms. The third-order valence-electron chi connectivity index (χ3n) is 4.17. The Labute approximate surface area is 109 Å². The summed E-state index contributed by atoms with van der Waals surface area (Å²) in [5.74, 6) is 0.958. The summed E-state index contributed by atoms with van der Waals surface area (Å²) in [4.78, 5) is 9.49. The van der Waals surface area contributed by atoms with E-state index in [4.69, 9.17) is 0 Å². The van der Waals surface area contributed by atoms with Gasteiger partial charge in [0.1, 0.15) is 5.82 Å². The highest BCUT2D eigenvalue weighted by Gasteiger charge is 2.28. The maximum Gasteiger partial charge on any atom is 0.127 e. The van der Waals surface area contributed by atoms with Gasteiger partial charge in [0.15, 0.2) is 0 Å². The Morgan fingerprint density at radius 1 is 1.28 bits per heavy atom. The van der Waals surface area contributed by atoms with Gasteiger partial charge in [-0.1, -0.05) is 0 Å². The van der Waals surface area contributed by atoms with Crippen LogP contribution in [0.4, 0.5) is 11.5 Å². The Hall–Kier alpha value is -1.29. The van der Waals surface area contributed by atoms with Crippen LogP contribution in [0.15, 0.2) is 18.3 Å². The molecule has 0 saturated carbocycles. The monoisotopic (exact) mass is 246 g/mol. The van der Waals surface area contributed by atoms with Crippen molar-refractivity contribution in [1.82, 2.24) is 9.88 Å². The number of anilines is 2. The zero-order valence-corrected chi connectivity index (χ0v) is 11.1. The highest BCUT2D eigenvalue weighted by atomic mass is 15.3. The normalized spacial score (nSPS) is 24.7. The second kappa shape index (κ2) is 5.14. The molecule has 2 fully saturated rings. The SMILES string of the molecule is CNc1cc(N2CCCN3CCCC3C2)ccn1. The lowest BCUT2D eigenvalue weighted by Crippen LogP contribution is -2.36. The molecular weight excluding hydrogens is 224 g/mol. The maximum absolute atomic E-state index is 4.29. The van der Waals surface area contributed by atoms with Crippen molar-refractivity contribution >= 4 is 11.5 Å². The average molecular weight is 246 g/mol. The van der Waals surface area contributed by atoms with Gasteiger partial charge in [-0.3, -0.25) is 4.90 Å². The quantitative estimate of drug-likeness (QED) is 0.862. The molecule has 1 atom stereocenters. The van der Waals surface area contributed by atoms with E-state index in [-0.39, 0.29) is 0 Å². The van der Waals surface area contributed by atoms with Crippen LogP contribution in [0, 0.1) is 0 Å². The number of pyridine rings is 1. The first-order chi connectivity index (χ1) is 8.86. The van der Waals surface area contributed by atoms with Gasteiger partial charge in [0, 0.05) is 50.7 Å². The molecule has 18 heavy (non-hydrogen) atoms. The fourth-order valence-corrected chi connectivity index (χ4v) is 3.19. The number of nitrogens with one attached hydrogen (secondary N) is 1. The van der Waals surface area contributed by atoms with Gasteiger partial charge in [-0.25, -0.2) is 4.98 Å². The molecule has 98 valence electrons. The van der Waals surface area contributed by atoms with Gasteiger partial charge in [-0.15, -0.1) is 0 Å². The van der Waals surface area contributed by atoms with E-state index in [0.29, 0.717) is 0 Å². The Morgan fingerprint density at radius 2 is 2.17 bits per heavy atom. The average Bonchev–Trinajstić information content (AvgIpc) is 2.76. The highest BCUT2D eigenvalue weighted by Crippen LogP contribution is 2.25. The molecular formula is C14H22N4. The first kappa shape index (κ1) is 11.8. The van der Waals surface area contributed by atoms with Crippen molar-refractivity contribution in [3.63, 3.8) is 0 Å². The molecule has 1 unspecified atom stereocenters. The van der Waals surface area contributed by atoms with Gasteiger partial charge in [-0.2, -0.15) is 0 Å². The molecule has 0 aliphatic carbocycles. The van der Waals surface area contributed by atoms with Gasteiger partial charge in [-0.05, 0) is 31.9 Å². The molecule has 4 nitrogen and oxygen atoms in total. The fraction of sp³-hybridized carbons (Fsp3) is 0.643. The standard InChI is InChI=1S/C14H22N4/c1-15-14-10-12(5-6-16-14)18-9-3-8-17-7-2-4-13(17)11-18/h5-6,10,13H,2-4,7-9,11H2,1H3,(H,15,16). The van der Waals surface area contributed by atoms with Crippen LogP contribution in [0.2, 0.25) is 0 Å². The Bertz CT molecular complexity index is 407. The van der Waals surface area contributed by atoms with Crippen LogP contribution in [-0.2, 0) is 0 Å². The van der Waals surface area contributed by atoms with Crippen molar-refractivity contribution in [2.45, 2.75) is 25.3 Å². The number of nitrogens with zero attached hydrogens (tertiary/aromatic N) is 3. The zero-order valence-electron chi connectivity index (χ0n) is 11.1. The number of rotatable bonds is 2. The van der Waals surface area contributed by atoms with E-state index < -0.39 is 0 Å². The van der Waals surface area contributed by atoms with Crippen molar-refractivity contribution in [1.29, 1.82) is 0 Å². The molecule has 2 saturated heterocycles. The van der Waals surface area contributed by atoms with Crippen LogP contribution in [-0.4, -0.2) is 49.2 Å². The van der Waals surface area contributed by atoms with Crippen LogP contribution in [0.5, 0.6) is 0 Å². The Kier molecular flexibility index (Phi) is 3.37. The molecule has 0 amide bonds. The number of hydrogen-bond acceptors (Lipinski definition) is 4. The summed E-state index contributed by atoms with van der Waals surface area (Å²) in [5, 5.41) is 3.12. The molecule has 2 aliphatic heterocycles. The summed E-state index contributed by atoms with van der Waals surface area (Å²) in [5.41, 5.74) is 1.31. The van der Waals surface area contributed by atoms with E-state index in [1.54, 1.807) is 0 Å². The molecule has 1 N–H and O–H groups in total. The van der Waals surface area contributed by atoms with Crippen molar-refractivity contribution in [2.75, 3.05) is 43.4 Å². The summed E-state index contributed by atoms with van der Waals surface area (Å²) in [6.45, 7) is 4.91. The van der Waals surface area contributed by atoms with E-state index >= 15 is 0 Å². The van der Waals surface area contributed by atoms with E-state index in [0.717, 1.165) is 11.9 Å². The third kappa shape index (κ3) is 2.29. The predicted octanol–water partition coefficient (Wildman–Crippen LogP) is 1.80. The van der Waals surface area contributed by atoms with E-state index in [2.05, 4.69) is 32.2 Å². The van der Waals surface area contributed by atoms with Gasteiger partial charge in [0.2, 0.25) is 0 Å². The number of fused-ring (bicyclic) bond motifs is 1. The second-order valence-electron chi connectivity index (χ2n) is 5.28. The Balaban J connectivity index is 1.78. The fourth-order valence-electron chi connectivity index (χ4n) is 3.19. The molecule has 3 rings (SSSR count). The molecule has 0 bridgehead atoms. The van der Waals surface area contributed by atoms with Crippen molar-refractivity contribution in [3.8, 4) is 0 Å². The van der Waals surface area contributed by atoms with Crippen LogP contribution in [0.25, 0.3) is 0 Å². The van der Waals surface area contributed by atoms with Crippen molar-refractivity contribution in [2.24, 2.45) is 0 Å². The summed E-state index contributed by atoms with van der Waals surface area (Å²) in [6.07, 6.45) is 5.91. The lowest BCUT2D eigenvalue weighted by Gasteiger charge is -2.27. The molecule has 1 aromatic rings. The van der Waals surface area contributed by atoms with Gasteiger partial charge < -0.3 is 10.2 Å². The third-order valence-corrected chi connectivity index (χ3v) is 4.17. The van der Waals surface area contributed by atoms with Gasteiger partial charge >= 0.3 is 0 Å². The van der Waals surface area contributed by atoms with Crippen LogP contribution < -0.4 is 10.2 Å². The topological polar surface area (TPSA) is 31.4 Å². The van der Waals surface area contributed by atoms with Crippen molar-refractivity contribution in [3.05, 3.63) is 18.3 Å². The van der Waals surface area contributed by atoms with Crippen LogP contribution in [0.3, 0.4) is 0 Å². The molecule has 0 aromatic carbocycles. The zero-order chi connectivity index (χ0) is 12.4. The van der Waals surface area contributed by atoms with E-state index in [1.165, 1.54) is 51.1 Å². The maximum atomic E-state index is 4.29. The minimum Gasteiger partial charge on any atom is -0.373 e. The summed E-state index contributed by atoms with van der Waals surface area (Å²) in [6, 6.07) is 5.05. The molecule has 3 heterocycles. The highest BCUT2D eigenvalue weighted by molar-refractivity contribution is 5.53. The minimum absolute atomic E-state index is 0.763. The van der Waals surface area contributed by atoms with Gasteiger partial charge in [0.05, 0.1) is 0 Å². The molecule has 0 radical (unpaired) electrons. The second-order valence-corrected chi connectivity index (χ2v) is 5.28. The lowest BCUT2D eigenvalue weighted by molar-refractivity contribution is 0.273. The first-order valence-corrected chi connectivity index (χ1v) is 6.99. The van der Waals surface area contributed by atoms with Crippen molar-refractivity contribution < 1.29 is 0 Å². The molecule has 1 aromatic heterocycles. The smallest absolute Gasteiger partial charge is 0.127 e. The van der Waals surface area contributed by atoms with E-state index in [9.17, 15) is 0 Å². The number of aromatic nitrogens is 1. The van der Waals surface area contributed by atoms with Gasteiger partial charge in [0.25, 0.3) is 0 Å². The van der Waals surface area contributed by atoms with E-state index in [1.807, 2.05) is 13.2 Å². The minimum atomic E-state index is 0.763. The first-order valence-electron chi connectivity index (χ1n) is 6.99. The predicted molar refractivity (Wildman–Crippen MR) is 75.2 cm³/mol. The number of hydrogen-bond donors (Lipinski definition) is 1. The Morgan fingerprint density at radius 3 is 3.06 bits per heavy atom. The molecule has 2 aliphatic rings. The summed E-state index contributed by atoms with van der Waals surface area (Å²) in [7, 11) is 1.92. The van der Waals surface area contributed by atoms with Crippen LogP contribution in [0.1, 0.15) is 19.3 Å².